The molecule has 1 aliphatic rings. The molecular weight excluding hydrogens is 380 g/mol. The number of rotatable bonds is 5. The number of hydrogen-bond acceptors (Lipinski definition) is 5. The van der Waals surface area contributed by atoms with E-state index >= 15 is 0 Å². The lowest BCUT2D eigenvalue weighted by Crippen LogP contribution is -2.33. The van der Waals surface area contributed by atoms with Crippen molar-refractivity contribution in [1.29, 1.82) is 0 Å². The molecule has 0 radical (unpaired) electrons. The molecule has 7 nitrogen and oxygen atoms in total. The molecule has 3 aromatic rings. The quantitative estimate of drug-likeness (QED) is 0.703. The number of hydrogen-bond donors (Lipinski definition) is 1. The zero-order valence-corrected chi connectivity index (χ0v) is 17.1. The SMILES string of the molecule is COc1ccc(NC(=O)Cn2nc(N3CCCCCC3)c3ccccc3c2=O)cc1. The van der Waals surface area contributed by atoms with Gasteiger partial charge in [-0.3, -0.25) is 9.59 Å². The minimum absolute atomic E-state index is 0.142. The van der Waals surface area contributed by atoms with E-state index in [4.69, 9.17) is 4.74 Å². The molecule has 2 heterocycles. The van der Waals surface area contributed by atoms with Crippen LogP contribution >= 0.6 is 0 Å². The van der Waals surface area contributed by atoms with Gasteiger partial charge in [-0.25, -0.2) is 4.68 Å². The summed E-state index contributed by atoms with van der Waals surface area (Å²) in [5.74, 6) is 1.19. The Bertz CT molecular complexity index is 1080. The van der Waals surface area contributed by atoms with Gasteiger partial charge in [0.05, 0.1) is 12.5 Å². The van der Waals surface area contributed by atoms with Crippen molar-refractivity contribution in [3.8, 4) is 5.75 Å². The monoisotopic (exact) mass is 406 g/mol. The molecule has 0 bridgehead atoms. The average molecular weight is 406 g/mol. The maximum Gasteiger partial charge on any atom is 0.275 e. The van der Waals surface area contributed by atoms with Crippen LogP contribution in [0.2, 0.25) is 0 Å². The molecule has 30 heavy (non-hydrogen) atoms. The number of carbonyl (C=O) groups is 1. The Morgan fingerprint density at radius 2 is 1.67 bits per heavy atom. The number of benzene rings is 2. The van der Waals surface area contributed by atoms with Gasteiger partial charge in [0.25, 0.3) is 5.56 Å². The molecule has 2 aromatic carbocycles. The van der Waals surface area contributed by atoms with Crippen molar-refractivity contribution in [3.63, 3.8) is 0 Å². The van der Waals surface area contributed by atoms with Gasteiger partial charge in [-0.15, -0.1) is 0 Å². The molecule has 0 aliphatic carbocycles. The third-order valence-electron chi connectivity index (χ3n) is 5.42. The van der Waals surface area contributed by atoms with E-state index in [0.29, 0.717) is 16.8 Å². The minimum Gasteiger partial charge on any atom is -0.497 e. The number of nitrogens with zero attached hydrogens (tertiary/aromatic N) is 3. The normalized spacial score (nSPS) is 14.4. The predicted molar refractivity (Wildman–Crippen MR) is 118 cm³/mol. The molecule has 1 amide bonds. The third kappa shape index (κ3) is 4.30. The number of carbonyl (C=O) groups excluding carboxylic acids is 1. The molecule has 0 saturated carbocycles. The van der Waals surface area contributed by atoms with Gasteiger partial charge in [0, 0.05) is 24.2 Å². The van der Waals surface area contributed by atoms with E-state index in [0.717, 1.165) is 37.1 Å². The first kappa shape index (κ1) is 19.9. The number of fused-ring (bicyclic) bond motifs is 1. The average Bonchev–Trinajstić information content (AvgIpc) is 3.06. The highest BCUT2D eigenvalue weighted by atomic mass is 16.5. The van der Waals surface area contributed by atoms with Crippen LogP contribution in [0.4, 0.5) is 11.5 Å². The minimum atomic E-state index is -0.299. The van der Waals surface area contributed by atoms with E-state index in [2.05, 4.69) is 15.3 Å². The van der Waals surface area contributed by atoms with E-state index in [1.807, 2.05) is 18.2 Å². The smallest absolute Gasteiger partial charge is 0.275 e. The van der Waals surface area contributed by atoms with Crippen molar-refractivity contribution < 1.29 is 9.53 Å². The van der Waals surface area contributed by atoms with Crippen molar-refractivity contribution in [3.05, 3.63) is 58.9 Å². The summed E-state index contributed by atoms with van der Waals surface area (Å²) >= 11 is 0. The Morgan fingerprint density at radius 1 is 1.00 bits per heavy atom. The number of ether oxygens (including phenoxy) is 1. The van der Waals surface area contributed by atoms with E-state index in [9.17, 15) is 9.59 Å². The molecule has 4 rings (SSSR count). The Kier molecular flexibility index (Phi) is 5.97. The van der Waals surface area contributed by atoms with Crippen LogP contribution < -0.4 is 20.5 Å². The van der Waals surface area contributed by atoms with Crippen LogP contribution in [-0.4, -0.2) is 35.9 Å². The van der Waals surface area contributed by atoms with E-state index in [1.165, 1.54) is 17.5 Å². The molecule has 1 aromatic heterocycles. The standard InChI is InChI=1S/C23H26N4O3/c1-30-18-12-10-17(11-13-18)24-21(28)16-27-23(29)20-9-5-4-8-19(20)22(25-27)26-14-6-2-3-7-15-26/h4-5,8-13H,2-3,6-7,14-16H2,1H3,(H,24,28). The zero-order valence-electron chi connectivity index (χ0n) is 17.1. The summed E-state index contributed by atoms with van der Waals surface area (Å²) in [7, 11) is 1.59. The fourth-order valence-corrected chi connectivity index (χ4v) is 3.85. The summed E-state index contributed by atoms with van der Waals surface area (Å²) in [4.78, 5) is 27.8. The topological polar surface area (TPSA) is 76.5 Å². The van der Waals surface area contributed by atoms with Crippen molar-refractivity contribution >= 4 is 28.2 Å². The van der Waals surface area contributed by atoms with Gasteiger partial charge in [0.1, 0.15) is 12.3 Å². The van der Waals surface area contributed by atoms with Crippen LogP contribution in [0.1, 0.15) is 25.7 Å². The van der Waals surface area contributed by atoms with E-state index in [1.54, 1.807) is 37.4 Å². The molecule has 0 atom stereocenters. The van der Waals surface area contributed by atoms with Gasteiger partial charge in [0.2, 0.25) is 5.91 Å². The van der Waals surface area contributed by atoms with Crippen LogP contribution in [0.3, 0.4) is 0 Å². The van der Waals surface area contributed by atoms with Crippen molar-refractivity contribution in [1.82, 2.24) is 9.78 Å². The first-order valence-electron chi connectivity index (χ1n) is 10.3. The summed E-state index contributed by atoms with van der Waals surface area (Å²) in [5, 5.41) is 8.87. The number of amides is 1. The maximum atomic E-state index is 13.0. The Hall–Kier alpha value is -3.35. The second kappa shape index (κ2) is 8.98. The molecule has 0 unspecified atom stereocenters. The fraction of sp³-hybridized carbons (Fsp3) is 0.348. The van der Waals surface area contributed by atoms with Crippen molar-refractivity contribution in [2.45, 2.75) is 32.2 Å². The molecule has 0 spiro atoms. The number of anilines is 2. The van der Waals surface area contributed by atoms with Crippen LogP contribution in [0.25, 0.3) is 10.8 Å². The number of methoxy groups -OCH3 is 1. The molecule has 7 heteroatoms. The molecule has 1 N–H and O–H groups in total. The largest absolute Gasteiger partial charge is 0.497 e. The van der Waals surface area contributed by atoms with E-state index < -0.39 is 0 Å². The lowest BCUT2D eigenvalue weighted by Gasteiger charge is -2.23. The Morgan fingerprint density at radius 3 is 2.33 bits per heavy atom. The Balaban J connectivity index is 1.63. The summed E-state index contributed by atoms with van der Waals surface area (Å²) in [6.45, 7) is 1.68. The maximum absolute atomic E-state index is 13.0. The summed E-state index contributed by atoms with van der Waals surface area (Å²) in [5.41, 5.74) is 0.386. The van der Waals surface area contributed by atoms with Crippen LogP contribution in [0, 0.1) is 0 Å². The molecule has 1 saturated heterocycles. The number of aromatic nitrogens is 2. The third-order valence-corrected chi connectivity index (χ3v) is 5.42. The van der Waals surface area contributed by atoms with Gasteiger partial charge in [-0.1, -0.05) is 31.0 Å². The van der Waals surface area contributed by atoms with Crippen molar-refractivity contribution in [2.24, 2.45) is 0 Å². The first-order valence-corrected chi connectivity index (χ1v) is 10.3. The van der Waals surface area contributed by atoms with Gasteiger partial charge < -0.3 is 15.0 Å². The highest BCUT2D eigenvalue weighted by Crippen LogP contribution is 2.24. The molecule has 156 valence electrons. The molecule has 1 fully saturated rings. The second-order valence-corrected chi connectivity index (χ2v) is 7.51. The summed E-state index contributed by atoms with van der Waals surface area (Å²) < 4.78 is 6.41. The highest BCUT2D eigenvalue weighted by Gasteiger charge is 2.18. The second-order valence-electron chi connectivity index (χ2n) is 7.51. The number of nitrogens with one attached hydrogen (secondary N) is 1. The highest BCUT2D eigenvalue weighted by molar-refractivity contribution is 5.93. The molecule has 1 aliphatic heterocycles. The van der Waals surface area contributed by atoms with Gasteiger partial charge in [-0.2, -0.15) is 5.10 Å². The van der Waals surface area contributed by atoms with Gasteiger partial charge in [-0.05, 0) is 43.2 Å². The van der Waals surface area contributed by atoms with Crippen LogP contribution in [0.5, 0.6) is 5.75 Å². The van der Waals surface area contributed by atoms with Gasteiger partial charge in [0.15, 0.2) is 5.82 Å². The predicted octanol–water partition coefficient (Wildman–Crippen LogP) is 3.42. The fourth-order valence-electron chi connectivity index (χ4n) is 3.85. The first-order chi connectivity index (χ1) is 14.7. The summed E-state index contributed by atoms with van der Waals surface area (Å²) in [6, 6.07) is 14.6. The lowest BCUT2D eigenvalue weighted by molar-refractivity contribution is -0.117. The summed E-state index contributed by atoms with van der Waals surface area (Å²) in [6.07, 6.45) is 4.62. The van der Waals surface area contributed by atoms with Crippen LogP contribution in [0.15, 0.2) is 53.3 Å². The van der Waals surface area contributed by atoms with Crippen molar-refractivity contribution in [2.75, 3.05) is 30.4 Å². The van der Waals surface area contributed by atoms with E-state index in [-0.39, 0.29) is 18.0 Å². The Labute approximate surface area is 175 Å². The zero-order chi connectivity index (χ0) is 20.9. The van der Waals surface area contributed by atoms with Crippen LogP contribution in [-0.2, 0) is 11.3 Å². The van der Waals surface area contributed by atoms with Gasteiger partial charge >= 0.3 is 0 Å². The lowest BCUT2D eigenvalue weighted by atomic mass is 10.1. The molecular formula is C23H26N4O3.